The molecule has 0 aromatic carbocycles. The molecular weight excluding hydrogens is 268 g/mol. The van der Waals surface area contributed by atoms with E-state index in [0.29, 0.717) is 16.6 Å². The van der Waals surface area contributed by atoms with E-state index in [4.69, 9.17) is 4.74 Å². The Balaban J connectivity index is 2.58. The van der Waals surface area contributed by atoms with Gasteiger partial charge in [-0.05, 0) is 12.3 Å². The quantitative estimate of drug-likeness (QED) is 0.753. The number of nitrogens with zero attached hydrogens (tertiary/aromatic N) is 2. The normalized spacial score (nSPS) is 14.5. The van der Waals surface area contributed by atoms with Crippen LogP contribution >= 0.6 is 15.9 Å². The van der Waals surface area contributed by atoms with E-state index in [1.807, 2.05) is 6.07 Å². The molecular formula is C12H19BrN2O. The molecule has 0 aliphatic heterocycles. The average Bonchev–Trinajstić information content (AvgIpc) is 2.29. The third-order valence-corrected chi connectivity index (χ3v) is 3.90. The van der Waals surface area contributed by atoms with Crippen LogP contribution in [0, 0.1) is 5.92 Å². The molecule has 0 N–H and O–H groups in total. The van der Waals surface area contributed by atoms with E-state index in [-0.39, 0.29) is 0 Å². The second-order valence-corrected chi connectivity index (χ2v) is 5.21. The summed E-state index contributed by atoms with van der Waals surface area (Å²) in [5.41, 5.74) is 1.02. The molecule has 2 unspecified atom stereocenters. The molecule has 0 amide bonds. The smallest absolute Gasteiger partial charge is 0.216 e. The number of hydrogen-bond donors (Lipinski definition) is 0. The van der Waals surface area contributed by atoms with Gasteiger partial charge < -0.3 is 4.74 Å². The zero-order valence-electron chi connectivity index (χ0n) is 10.1. The Morgan fingerprint density at radius 3 is 2.81 bits per heavy atom. The molecule has 0 spiro atoms. The highest BCUT2D eigenvalue weighted by Gasteiger charge is 2.14. The van der Waals surface area contributed by atoms with Gasteiger partial charge in [-0.3, -0.25) is 0 Å². The van der Waals surface area contributed by atoms with E-state index in [0.717, 1.165) is 12.1 Å². The van der Waals surface area contributed by atoms with Crippen LogP contribution in [-0.4, -0.2) is 21.9 Å². The molecule has 1 heterocycles. The van der Waals surface area contributed by atoms with E-state index in [9.17, 15) is 0 Å². The Kier molecular flexibility index (Phi) is 5.74. The van der Waals surface area contributed by atoms with E-state index >= 15 is 0 Å². The first kappa shape index (κ1) is 13.4. The molecule has 0 radical (unpaired) electrons. The van der Waals surface area contributed by atoms with Crippen LogP contribution < -0.4 is 4.74 Å². The second kappa shape index (κ2) is 6.84. The fraction of sp³-hybridized carbons (Fsp3) is 0.667. The van der Waals surface area contributed by atoms with Crippen LogP contribution in [0.1, 0.15) is 32.4 Å². The molecule has 90 valence electrons. The molecule has 0 saturated heterocycles. The van der Waals surface area contributed by atoms with Gasteiger partial charge in [0, 0.05) is 23.0 Å². The number of hydrogen-bond acceptors (Lipinski definition) is 3. The highest BCUT2D eigenvalue weighted by molar-refractivity contribution is 9.09. The van der Waals surface area contributed by atoms with Crippen molar-refractivity contribution in [1.29, 1.82) is 0 Å². The van der Waals surface area contributed by atoms with Crippen molar-refractivity contribution in [2.75, 3.05) is 7.11 Å². The zero-order chi connectivity index (χ0) is 12.0. The van der Waals surface area contributed by atoms with Crippen molar-refractivity contribution in [3.8, 4) is 5.88 Å². The molecule has 0 saturated carbocycles. The summed E-state index contributed by atoms with van der Waals surface area (Å²) in [5, 5.41) is 0. The Morgan fingerprint density at radius 2 is 2.19 bits per heavy atom. The van der Waals surface area contributed by atoms with Crippen molar-refractivity contribution < 1.29 is 4.74 Å². The molecule has 4 heteroatoms. The van der Waals surface area contributed by atoms with Gasteiger partial charge in [0.15, 0.2) is 0 Å². The maximum Gasteiger partial charge on any atom is 0.216 e. The van der Waals surface area contributed by atoms with Gasteiger partial charge >= 0.3 is 0 Å². The predicted octanol–water partition coefficient (Wildman–Crippen LogP) is 3.23. The Bertz CT molecular complexity index is 320. The third kappa shape index (κ3) is 4.08. The zero-order valence-corrected chi connectivity index (χ0v) is 11.7. The number of methoxy groups -OCH3 is 1. The Labute approximate surface area is 106 Å². The van der Waals surface area contributed by atoms with Gasteiger partial charge in [0.25, 0.3) is 0 Å². The van der Waals surface area contributed by atoms with Gasteiger partial charge in [0.2, 0.25) is 5.88 Å². The molecule has 0 aliphatic carbocycles. The van der Waals surface area contributed by atoms with Crippen LogP contribution in [0.15, 0.2) is 12.4 Å². The molecule has 1 aromatic heterocycles. The summed E-state index contributed by atoms with van der Waals surface area (Å²) in [7, 11) is 1.62. The summed E-state index contributed by atoms with van der Waals surface area (Å²) < 4.78 is 5.08. The maximum atomic E-state index is 5.08. The molecule has 0 bridgehead atoms. The summed E-state index contributed by atoms with van der Waals surface area (Å²) in [5.74, 6) is 1.29. The van der Waals surface area contributed by atoms with Crippen LogP contribution in [-0.2, 0) is 6.42 Å². The van der Waals surface area contributed by atoms with Crippen molar-refractivity contribution in [2.45, 2.75) is 37.9 Å². The lowest BCUT2D eigenvalue weighted by atomic mass is 9.99. The van der Waals surface area contributed by atoms with Crippen LogP contribution in [0.25, 0.3) is 0 Å². The highest BCUT2D eigenvalue weighted by Crippen LogP contribution is 2.22. The number of ether oxygens (including phenoxy) is 1. The van der Waals surface area contributed by atoms with Gasteiger partial charge in [-0.1, -0.05) is 36.2 Å². The fourth-order valence-corrected chi connectivity index (χ4v) is 2.23. The van der Waals surface area contributed by atoms with Gasteiger partial charge in [-0.2, -0.15) is 0 Å². The van der Waals surface area contributed by atoms with Gasteiger partial charge in [0.05, 0.1) is 7.11 Å². The van der Waals surface area contributed by atoms with E-state index < -0.39 is 0 Å². The first-order valence-corrected chi connectivity index (χ1v) is 6.58. The fourth-order valence-electron chi connectivity index (χ4n) is 1.64. The second-order valence-electron chi connectivity index (χ2n) is 4.04. The number of aromatic nitrogens is 2. The molecule has 3 nitrogen and oxygen atoms in total. The van der Waals surface area contributed by atoms with E-state index in [1.54, 1.807) is 13.4 Å². The summed E-state index contributed by atoms with van der Waals surface area (Å²) in [6.07, 6.45) is 4.92. The maximum absolute atomic E-state index is 5.08. The van der Waals surface area contributed by atoms with Gasteiger partial charge in [0.1, 0.15) is 6.33 Å². The molecule has 0 fully saturated rings. The van der Waals surface area contributed by atoms with Crippen molar-refractivity contribution in [1.82, 2.24) is 9.97 Å². The van der Waals surface area contributed by atoms with Crippen LogP contribution in [0.2, 0.25) is 0 Å². The lowest BCUT2D eigenvalue weighted by Crippen LogP contribution is -2.14. The molecule has 2 atom stereocenters. The summed E-state index contributed by atoms with van der Waals surface area (Å²) in [4.78, 5) is 8.71. The van der Waals surface area contributed by atoms with Crippen molar-refractivity contribution in [2.24, 2.45) is 5.92 Å². The van der Waals surface area contributed by atoms with Crippen molar-refractivity contribution >= 4 is 15.9 Å². The third-order valence-electron chi connectivity index (χ3n) is 2.67. The topological polar surface area (TPSA) is 35.0 Å². The Hall–Kier alpha value is -0.640. The first-order valence-electron chi connectivity index (χ1n) is 5.66. The van der Waals surface area contributed by atoms with Gasteiger partial charge in [-0.25, -0.2) is 9.97 Å². The highest BCUT2D eigenvalue weighted by atomic mass is 79.9. The molecule has 1 rings (SSSR count). The minimum atomic E-state index is 0.465. The van der Waals surface area contributed by atoms with Crippen LogP contribution in [0.3, 0.4) is 0 Å². The summed E-state index contributed by atoms with van der Waals surface area (Å²) >= 11 is 3.73. The lowest BCUT2D eigenvalue weighted by molar-refractivity contribution is 0.395. The van der Waals surface area contributed by atoms with Gasteiger partial charge in [-0.15, -0.1) is 0 Å². The van der Waals surface area contributed by atoms with Crippen LogP contribution in [0.5, 0.6) is 5.88 Å². The summed E-state index contributed by atoms with van der Waals surface area (Å²) in [6.45, 7) is 4.48. The van der Waals surface area contributed by atoms with E-state index in [1.165, 1.54) is 12.8 Å². The number of rotatable bonds is 6. The number of alkyl halides is 1. The Morgan fingerprint density at radius 1 is 1.44 bits per heavy atom. The largest absolute Gasteiger partial charge is 0.481 e. The number of halogens is 1. The summed E-state index contributed by atoms with van der Waals surface area (Å²) in [6, 6.07) is 1.90. The minimum absolute atomic E-state index is 0.465. The van der Waals surface area contributed by atoms with E-state index in [2.05, 4.69) is 39.7 Å². The van der Waals surface area contributed by atoms with Crippen molar-refractivity contribution in [3.05, 3.63) is 18.1 Å². The lowest BCUT2D eigenvalue weighted by Gasteiger charge is -2.17. The monoisotopic (exact) mass is 286 g/mol. The molecule has 1 aromatic rings. The van der Waals surface area contributed by atoms with Crippen molar-refractivity contribution in [3.63, 3.8) is 0 Å². The standard InChI is InChI=1S/C12H19BrN2O/c1-4-5-9(2)11(13)6-10-7-12(16-3)15-8-14-10/h7-9,11H,4-6H2,1-3H3. The first-order chi connectivity index (χ1) is 7.67. The predicted molar refractivity (Wildman–Crippen MR) is 69.1 cm³/mol. The molecule has 16 heavy (non-hydrogen) atoms. The SMILES string of the molecule is CCCC(C)C(Br)Cc1cc(OC)ncn1. The minimum Gasteiger partial charge on any atom is -0.481 e. The molecule has 0 aliphatic rings. The van der Waals surface area contributed by atoms with Crippen LogP contribution in [0.4, 0.5) is 0 Å². The average molecular weight is 287 g/mol.